The number of rotatable bonds is 8. The van der Waals surface area contributed by atoms with Crippen LogP contribution in [-0.2, 0) is 16.3 Å². The second-order valence-electron chi connectivity index (χ2n) is 7.77. The van der Waals surface area contributed by atoms with Crippen molar-refractivity contribution in [2.45, 2.75) is 18.4 Å². The third-order valence-corrected chi connectivity index (χ3v) is 7.87. The highest BCUT2D eigenvalue weighted by Crippen LogP contribution is 2.35. The molecular formula is C24H23FN6O4S2. The molecule has 0 saturated heterocycles. The van der Waals surface area contributed by atoms with Gasteiger partial charge < -0.3 is 9.47 Å². The lowest BCUT2D eigenvalue weighted by atomic mass is 9.98. The van der Waals surface area contributed by atoms with Gasteiger partial charge in [-0.1, -0.05) is 11.2 Å². The summed E-state index contributed by atoms with van der Waals surface area (Å²) in [6.45, 7) is 1.84. The molecule has 4 aromatic rings. The smallest absolute Gasteiger partial charge is 0.296 e. The molecule has 1 atom stereocenters. The Morgan fingerprint density at radius 1 is 1.19 bits per heavy atom. The van der Waals surface area contributed by atoms with E-state index in [2.05, 4.69) is 29.8 Å². The van der Waals surface area contributed by atoms with Crippen LogP contribution in [0, 0.1) is 12.7 Å². The van der Waals surface area contributed by atoms with E-state index in [1.54, 1.807) is 37.4 Å². The van der Waals surface area contributed by atoms with Crippen LogP contribution in [0.3, 0.4) is 0 Å². The van der Waals surface area contributed by atoms with Crippen LogP contribution in [-0.4, -0.2) is 50.7 Å². The van der Waals surface area contributed by atoms with Gasteiger partial charge in [0.15, 0.2) is 0 Å². The van der Waals surface area contributed by atoms with Crippen molar-refractivity contribution in [2.75, 3.05) is 25.7 Å². The molecule has 0 spiro atoms. The van der Waals surface area contributed by atoms with E-state index in [0.717, 1.165) is 11.3 Å². The van der Waals surface area contributed by atoms with Crippen LogP contribution in [0.1, 0.15) is 21.7 Å². The summed E-state index contributed by atoms with van der Waals surface area (Å²) in [5.41, 5.74) is 1.83. The van der Waals surface area contributed by atoms with Gasteiger partial charge in [-0.2, -0.15) is 0 Å². The molecule has 1 amide bonds. The maximum absolute atomic E-state index is 14.8. The average Bonchev–Trinajstić information content (AvgIpc) is 3.34. The molecule has 0 aliphatic rings. The van der Waals surface area contributed by atoms with Crippen molar-refractivity contribution in [1.29, 1.82) is 0 Å². The van der Waals surface area contributed by atoms with Gasteiger partial charge in [0.1, 0.15) is 18.2 Å². The summed E-state index contributed by atoms with van der Waals surface area (Å²) in [5, 5.41) is 10.9. The molecule has 13 heteroatoms. The zero-order chi connectivity index (χ0) is 26.6. The summed E-state index contributed by atoms with van der Waals surface area (Å²) < 4.78 is 41.9. The molecule has 3 aromatic heterocycles. The largest absolute Gasteiger partial charge is 0.496 e. The van der Waals surface area contributed by atoms with E-state index in [1.807, 2.05) is 0 Å². The van der Waals surface area contributed by atoms with Crippen molar-refractivity contribution in [2.24, 2.45) is 4.36 Å². The van der Waals surface area contributed by atoms with Crippen molar-refractivity contribution in [3.05, 3.63) is 71.6 Å². The fourth-order valence-electron chi connectivity index (χ4n) is 3.33. The van der Waals surface area contributed by atoms with Crippen LogP contribution in [0.25, 0.3) is 11.1 Å². The van der Waals surface area contributed by atoms with Gasteiger partial charge in [-0.05, 0) is 48.6 Å². The van der Waals surface area contributed by atoms with Gasteiger partial charge >= 0.3 is 0 Å². The number of carbonyl (C=O) groups is 1. The summed E-state index contributed by atoms with van der Waals surface area (Å²) in [4.78, 5) is 22.1. The summed E-state index contributed by atoms with van der Waals surface area (Å²) in [5.74, 6) is -0.784. The third kappa shape index (κ3) is 5.89. The lowest BCUT2D eigenvalue weighted by Gasteiger charge is -2.14. The molecule has 0 radical (unpaired) electrons. The highest BCUT2D eigenvalue weighted by molar-refractivity contribution is 7.93. The van der Waals surface area contributed by atoms with Gasteiger partial charge in [-0.25, -0.2) is 13.0 Å². The normalized spacial score (nSPS) is 12.5. The SMILES string of the molecule is CN=[S@](C)(=O)c1ccc(COc2nnc(NC(=O)c3cnc(C)cc3-c3c(F)cccc3OC)s2)nc1. The van der Waals surface area contributed by atoms with Crippen LogP contribution in [0.15, 0.2) is 58.1 Å². The number of nitrogens with one attached hydrogen (secondary N) is 1. The molecular weight excluding hydrogens is 519 g/mol. The maximum atomic E-state index is 14.8. The summed E-state index contributed by atoms with van der Waals surface area (Å²) in [6, 6.07) is 9.44. The van der Waals surface area contributed by atoms with Crippen LogP contribution in [0.4, 0.5) is 9.52 Å². The Morgan fingerprint density at radius 3 is 2.70 bits per heavy atom. The van der Waals surface area contributed by atoms with Crippen molar-refractivity contribution in [3.63, 3.8) is 0 Å². The number of hydrogen-bond donors (Lipinski definition) is 1. The van der Waals surface area contributed by atoms with Crippen molar-refractivity contribution >= 4 is 32.1 Å². The standard InChI is InChI=1S/C24H23FN6O4S2/c1-14-10-17(21-19(25)6-5-7-20(21)34-3)18(12-27-14)22(32)29-23-30-31-24(36-23)35-13-15-8-9-16(11-28-15)37(4,33)26-2/h5-12H,13H2,1-4H3,(H,29,30,32)/t37-/m1/s1. The lowest BCUT2D eigenvalue weighted by Crippen LogP contribution is -2.14. The third-order valence-electron chi connectivity index (χ3n) is 5.30. The second-order valence-corrected chi connectivity index (χ2v) is 11.2. The van der Waals surface area contributed by atoms with Crippen molar-refractivity contribution in [1.82, 2.24) is 20.2 Å². The Labute approximate surface area is 217 Å². The Kier molecular flexibility index (Phi) is 7.74. The fourth-order valence-corrected chi connectivity index (χ4v) is 4.70. The summed E-state index contributed by atoms with van der Waals surface area (Å²) >= 11 is 1.02. The zero-order valence-corrected chi connectivity index (χ0v) is 22.0. The quantitative estimate of drug-likeness (QED) is 0.348. The first-order chi connectivity index (χ1) is 17.7. The van der Waals surface area contributed by atoms with E-state index < -0.39 is 21.5 Å². The van der Waals surface area contributed by atoms with E-state index in [-0.39, 0.29) is 28.1 Å². The number of carbonyl (C=O) groups excluding carboxylic acids is 1. The number of benzene rings is 1. The lowest BCUT2D eigenvalue weighted by molar-refractivity contribution is 0.102. The number of pyridine rings is 2. The molecule has 0 bridgehead atoms. The van der Waals surface area contributed by atoms with Gasteiger partial charge in [0, 0.05) is 37.0 Å². The monoisotopic (exact) mass is 542 g/mol. The highest BCUT2D eigenvalue weighted by atomic mass is 32.2. The zero-order valence-electron chi connectivity index (χ0n) is 20.4. The average molecular weight is 543 g/mol. The maximum Gasteiger partial charge on any atom is 0.296 e. The Bertz CT molecular complexity index is 1570. The first-order valence-corrected chi connectivity index (χ1v) is 13.6. The summed E-state index contributed by atoms with van der Waals surface area (Å²) in [6.07, 6.45) is 4.41. The molecule has 1 aromatic carbocycles. The predicted octanol–water partition coefficient (Wildman–Crippen LogP) is 4.37. The van der Waals surface area contributed by atoms with Gasteiger partial charge in [0.25, 0.3) is 11.1 Å². The Morgan fingerprint density at radius 2 is 2.00 bits per heavy atom. The number of anilines is 1. The summed E-state index contributed by atoms with van der Waals surface area (Å²) in [7, 11) is 0.466. The predicted molar refractivity (Wildman–Crippen MR) is 138 cm³/mol. The van der Waals surface area contributed by atoms with E-state index in [9.17, 15) is 13.4 Å². The van der Waals surface area contributed by atoms with Gasteiger partial charge in [0.05, 0.1) is 38.6 Å². The molecule has 3 heterocycles. The highest BCUT2D eigenvalue weighted by Gasteiger charge is 2.21. The molecule has 0 fully saturated rings. The van der Waals surface area contributed by atoms with Crippen LogP contribution < -0.4 is 14.8 Å². The number of methoxy groups -OCH3 is 1. The van der Waals surface area contributed by atoms with Crippen molar-refractivity contribution in [3.8, 4) is 22.1 Å². The van der Waals surface area contributed by atoms with E-state index >= 15 is 0 Å². The molecule has 192 valence electrons. The molecule has 37 heavy (non-hydrogen) atoms. The number of aromatic nitrogens is 4. The topological polar surface area (TPSA) is 129 Å². The number of hydrogen-bond acceptors (Lipinski definition) is 10. The molecule has 0 aliphatic carbocycles. The number of halogens is 1. The van der Waals surface area contributed by atoms with E-state index in [0.29, 0.717) is 27.6 Å². The second kappa shape index (κ2) is 11.0. The minimum Gasteiger partial charge on any atom is -0.496 e. The minimum atomic E-state index is -2.46. The Balaban J connectivity index is 1.49. The molecule has 0 saturated carbocycles. The fraction of sp³-hybridized carbons (Fsp3) is 0.208. The number of ether oxygens (including phenoxy) is 2. The first kappa shape index (κ1) is 26.1. The van der Waals surface area contributed by atoms with Crippen molar-refractivity contribution < 1.29 is 22.9 Å². The van der Waals surface area contributed by atoms with Crippen LogP contribution >= 0.6 is 11.3 Å². The van der Waals surface area contributed by atoms with Gasteiger partial charge in [-0.15, -0.1) is 5.10 Å². The minimum absolute atomic E-state index is 0.0934. The number of amides is 1. The van der Waals surface area contributed by atoms with Crippen LogP contribution in [0.5, 0.6) is 10.9 Å². The molecule has 0 unspecified atom stereocenters. The van der Waals surface area contributed by atoms with Gasteiger partial charge in [0.2, 0.25) is 5.13 Å². The van der Waals surface area contributed by atoms with E-state index in [4.69, 9.17) is 9.47 Å². The number of nitrogens with zero attached hydrogens (tertiary/aromatic N) is 5. The molecule has 10 nitrogen and oxygen atoms in total. The van der Waals surface area contributed by atoms with Crippen LogP contribution in [0.2, 0.25) is 0 Å². The molecule has 4 rings (SSSR count). The number of aryl methyl sites for hydroxylation is 1. The van der Waals surface area contributed by atoms with Gasteiger partial charge in [-0.3, -0.25) is 20.1 Å². The molecule has 0 aliphatic heterocycles. The first-order valence-electron chi connectivity index (χ1n) is 10.8. The van der Waals surface area contributed by atoms with E-state index in [1.165, 1.54) is 38.7 Å². The Hall–Kier alpha value is -3.97. The molecule has 1 N–H and O–H groups in total.